The Morgan fingerprint density at radius 1 is 1.25 bits per heavy atom. The van der Waals surface area contributed by atoms with Crippen LogP contribution in [0.4, 0.5) is 0 Å². The van der Waals surface area contributed by atoms with E-state index in [0.29, 0.717) is 18.8 Å². The minimum Gasteiger partial charge on any atom is -0.456 e. The second-order valence-electron chi connectivity index (χ2n) is 6.83. The maximum absolute atomic E-state index is 12.8. The van der Waals surface area contributed by atoms with E-state index in [1.807, 2.05) is 13.0 Å². The molecule has 2 aliphatic heterocycles. The molecular weight excluding hydrogens is 306 g/mol. The average molecular weight is 333 g/mol. The number of likely N-dealkylation sites (N-methyl/N-ethyl adjacent to an activating group) is 1. The molecule has 0 aliphatic carbocycles. The molecule has 24 heavy (non-hydrogen) atoms. The average Bonchev–Trinajstić information content (AvgIpc) is 3.22. The fourth-order valence-electron chi connectivity index (χ4n) is 3.62. The molecule has 0 unspecified atom stereocenters. The zero-order valence-corrected chi connectivity index (χ0v) is 14.9. The number of nitrogens with zero attached hydrogens (tertiary/aromatic N) is 3. The SMILES string of the molecule is CCc1oc(C(=O)N2CCN(C)C(=O)[C@@H]2C)cc1CN1CCCC1. The van der Waals surface area contributed by atoms with Crippen molar-refractivity contribution in [1.82, 2.24) is 14.7 Å². The first kappa shape index (κ1) is 17.0. The summed E-state index contributed by atoms with van der Waals surface area (Å²) in [6.07, 6.45) is 3.26. The van der Waals surface area contributed by atoms with Gasteiger partial charge in [0.25, 0.3) is 5.91 Å². The molecule has 0 radical (unpaired) electrons. The van der Waals surface area contributed by atoms with E-state index in [1.54, 1.807) is 23.8 Å². The Morgan fingerprint density at radius 2 is 1.96 bits per heavy atom. The van der Waals surface area contributed by atoms with Crippen LogP contribution < -0.4 is 0 Å². The van der Waals surface area contributed by atoms with Crippen molar-refractivity contribution >= 4 is 11.8 Å². The van der Waals surface area contributed by atoms with Crippen LogP contribution in [0.15, 0.2) is 10.5 Å². The van der Waals surface area contributed by atoms with E-state index in [-0.39, 0.29) is 11.8 Å². The topological polar surface area (TPSA) is 57.0 Å². The molecule has 0 bridgehead atoms. The summed E-state index contributed by atoms with van der Waals surface area (Å²) in [5.41, 5.74) is 1.11. The summed E-state index contributed by atoms with van der Waals surface area (Å²) < 4.78 is 5.86. The Labute approximate surface area is 143 Å². The maximum Gasteiger partial charge on any atom is 0.290 e. The summed E-state index contributed by atoms with van der Waals surface area (Å²) in [5, 5.41) is 0. The zero-order valence-electron chi connectivity index (χ0n) is 14.9. The molecule has 6 heteroatoms. The number of aryl methyl sites for hydroxylation is 1. The van der Waals surface area contributed by atoms with E-state index in [9.17, 15) is 9.59 Å². The van der Waals surface area contributed by atoms with Gasteiger partial charge in [0.1, 0.15) is 11.8 Å². The first-order valence-electron chi connectivity index (χ1n) is 8.91. The van der Waals surface area contributed by atoms with Gasteiger partial charge in [-0.15, -0.1) is 0 Å². The molecular formula is C18H27N3O3. The van der Waals surface area contributed by atoms with Crippen molar-refractivity contribution in [3.05, 3.63) is 23.2 Å². The summed E-state index contributed by atoms with van der Waals surface area (Å²) in [5.74, 6) is 1.06. The Bertz CT molecular complexity index is 619. The monoisotopic (exact) mass is 333 g/mol. The molecule has 1 aromatic heterocycles. The maximum atomic E-state index is 12.8. The lowest BCUT2D eigenvalue weighted by Crippen LogP contribution is -2.56. The van der Waals surface area contributed by atoms with E-state index in [1.165, 1.54) is 12.8 Å². The van der Waals surface area contributed by atoms with Gasteiger partial charge in [-0.1, -0.05) is 6.92 Å². The number of likely N-dealkylation sites (tertiary alicyclic amines) is 1. The van der Waals surface area contributed by atoms with E-state index in [4.69, 9.17) is 4.42 Å². The van der Waals surface area contributed by atoms with Gasteiger partial charge >= 0.3 is 0 Å². The highest BCUT2D eigenvalue weighted by molar-refractivity contribution is 5.96. The number of hydrogen-bond donors (Lipinski definition) is 0. The highest BCUT2D eigenvalue weighted by Crippen LogP contribution is 2.23. The van der Waals surface area contributed by atoms with Crippen molar-refractivity contribution in [2.45, 2.75) is 45.7 Å². The van der Waals surface area contributed by atoms with Gasteiger partial charge in [-0.2, -0.15) is 0 Å². The number of carbonyl (C=O) groups excluding carboxylic acids is 2. The van der Waals surface area contributed by atoms with E-state index in [2.05, 4.69) is 4.90 Å². The smallest absolute Gasteiger partial charge is 0.290 e. The van der Waals surface area contributed by atoms with Gasteiger partial charge in [0.05, 0.1) is 0 Å². The van der Waals surface area contributed by atoms with Crippen LogP contribution in [-0.2, 0) is 17.8 Å². The summed E-state index contributed by atoms with van der Waals surface area (Å²) in [7, 11) is 1.77. The third kappa shape index (κ3) is 3.20. The van der Waals surface area contributed by atoms with Crippen LogP contribution in [0.1, 0.15) is 48.6 Å². The Balaban J connectivity index is 1.77. The van der Waals surface area contributed by atoms with Gasteiger partial charge in [-0.3, -0.25) is 14.5 Å². The third-order valence-electron chi connectivity index (χ3n) is 5.16. The van der Waals surface area contributed by atoms with Gasteiger partial charge < -0.3 is 14.2 Å². The largest absolute Gasteiger partial charge is 0.456 e. The van der Waals surface area contributed by atoms with Gasteiger partial charge in [-0.05, 0) is 38.9 Å². The quantitative estimate of drug-likeness (QED) is 0.842. The van der Waals surface area contributed by atoms with Crippen LogP contribution in [0.3, 0.4) is 0 Å². The molecule has 0 N–H and O–H groups in total. The van der Waals surface area contributed by atoms with Gasteiger partial charge in [0.2, 0.25) is 5.91 Å². The van der Waals surface area contributed by atoms with Crippen LogP contribution in [0, 0.1) is 0 Å². The number of piperazine rings is 1. The molecule has 3 heterocycles. The summed E-state index contributed by atoms with van der Waals surface area (Å²) in [6, 6.07) is 1.45. The molecule has 1 atom stereocenters. The van der Waals surface area contributed by atoms with Crippen molar-refractivity contribution in [3.8, 4) is 0 Å². The number of amides is 2. The fraction of sp³-hybridized carbons (Fsp3) is 0.667. The second-order valence-corrected chi connectivity index (χ2v) is 6.83. The molecule has 2 amide bonds. The van der Waals surface area contributed by atoms with Crippen LogP contribution >= 0.6 is 0 Å². The fourth-order valence-corrected chi connectivity index (χ4v) is 3.62. The number of furan rings is 1. The standard InChI is InChI=1S/C18H27N3O3/c1-4-15-14(12-20-7-5-6-8-20)11-16(24-15)18(23)21-10-9-19(3)17(22)13(21)2/h11,13H,4-10,12H2,1-3H3/t13-/m0/s1. The van der Waals surface area contributed by atoms with Crippen molar-refractivity contribution < 1.29 is 14.0 Å². The number of hydrogen-bond acceptors (Lipinski definition) is 4. The zero-order chi connectivity index (χ0) is 17.3. The molecule has 0 saturated carbocycles. The summed E-state index contributed by atoms with van der Waals surface area (Å²) in [6.45, 7) is 8.01. The van der Waals surface area contributed by atoms with Crippen LogP contribution in [0.2, 0.25) is 0 Å². The summed E-state index contributed by atoms with van der Waals surface area (Å²) in [4.78, 5) is 30.7. The molecule has 6 nitrogen and oxygen atoms in total. The first-order chi connectivity index (χ1) is 11.5. The molecule has 2 saturated heterocycles. The molecule has 2 fully saturated rings. The lowest BCUT2D eigenvalue weighted by atomic mass is 10.1. The normalized spacial score (nSPS) is 22.5. The lowest BCUT2D eigenvalue weighted by molar-refractivity contribution is -0.137. The van der Waals surface area contributed by atoms with Crippen LogP contribution in [0.5, 0.6) is 0 Å². The molecule has 1 aromatic rings. The van der Waals surface area contributed by atoms with Crippen molar-refractivity contribution in [2.75, 3.05) is 33.2 Å². The van der Waals surface area contributed by atoms with Crippen LogP contribution in [0.25, 0.3) is 0 Å². The highest BCUT2D eigenvalue weighted by Gasteiger charge is 2.34. The molecule has 2 aliphatic rings. The minimum absolute atomic E-state index is 0.0193. The Kier molecular flexibility index (Phi) is 4.94. The Hall–Kier alpha value is -1.82. The van der Waals surface area contributed by atoms with Gasteiger partial charge in [-0.25, -0.2) is 0 Å². The lowest BCUT2D eigenvalue weighted by Gasteiger charge is -2.36. The van der Waals surface area contributed by atoms with E-state index >= 15 is 0 Å². The predicted molar refractivity (Wildman–Crippen MR) is 90.7 cm³/mol. The van der Waals surface area contributed by atoms with Crippen molar-refractivity contribution in [2.24, 2.45) is 0 Å². The molecule has 0 aromatic carbocycles. The molecule has 132 valence electrons. The van der Waals surface area contributed by atoms with Gasteiger partial charge in [0.15, 0.2) is 5.76 Å². The number of carbonyl (C=O) groups is 2. The van der Waals surface area contributed by atoms with E-state index in [0.717, 1.165) is 37.4 Å². The molecule has 0 spiro atoms. The predicted octanol–water partition coefficient (Wildman–Crippen LogP) is 1.74. The van der Waals surface area contributed by atoms with Crippen LogP contribution in [-0.4, -0.2) is 65.8 Å². The number of rotatable bonds is 4. The molecule has 3 rings (SSSR count). The van der Waals surface area contributed by atoms with Crippen molar-refractivity contribution in [1.29, 1.82) is 0 Å². The van der Waals surface area contributed by atoms with Crippen molar-refractivity contribution in [3.63, 3.8) is 0 Å². The Morgan fingerprint density at radius 3 is 2.62 bits per heavy atom. The third-order valence-corrected chi connectivity index (χ3v) is 5.16. The second kappa shape index (κ2) is 6.97. The summed E-state index contributed by atoms with van der Waals surface area (Å²) >= 11 is 0. The van der Waals surface area contributed by atoms with Gasteiger partial charge in [0, 0.05) is 38.7 Å². The first-order valence-corrected chi connectivity index (χ1v) is 8.91. The van der Waals surface area contributed by atoms with E-state index < -0.39 is 6.04 Å². The minimum atomic E-state index is -0.437. The highest BCUT2D eigenvalue weighted by atomic mass is 16.4.